The molecule has 100 valence electrons. The van der Waals surface area contributed by atoms with E-state index in [1.807, 2.05) is 0 Å². The largest absolute Gasteiger partial charge is 0.393 e. The summed E-state index contributed by atoms with van der Waals surface area (Å²) in [6.45, 7) is 0.500. The van der Waals surface area contributed by atoms with Crippen LogP contribution in [0.4, 0.5) is 11.4 Å². The molecule has 0 radical (unpaired) electrons. The number of aromatic nitrogens is 1. The number of nitrogens with two attached hydrogens (primary N) is 1. The third-order valence-corrected chi connectivity index (χ3v) is 2.57. The lowest BCUT2D eigenvalue weighted by atomic mass is 10.0. The molecule has 0 amide bonds. The Hall–Kier alpha value is -1.77. The quantitative estimate of drug-likeness (QED) is 0.401. The van der Waals surface area contributed by atoms with Gasteiger partial charge in [0.25, 0.3) is 0 Å². The Morgan fingerprint density at radius 2 is 2.22 bits per heavy atom. The Morgan fingerprint density at radius 1 is 1.56 bits per heavy atom. The lowest BCUT2D eigenvalue weighted by molar-refractivity contribution is -0.384. The minimum atomic E-state index is -1.30. The van der Waals surface area contributed by atoms with E-state index in [1.54, 1.807) is 7.05 Å². The van der Waals surface area contributed by atoms with Crippen LogP contribution in [0.3, 0.4) is 0 Å². The van der Waals surface area contributed by atoms with E-state index in [0.717, 1.165) is 6.20 Å². The molecule has 1 aromatic rings. The number of anilines is 1. The molecule has 0 aliphatic carbocycles. The van der Waals surface area contributed by atoms with E-state index < -0.39 is 17.1 Å². The fraction of sp³-hybridized carbons (Fsp3) is 0.500. The monoisotopic (exact) mass is 256 g/mol. The molecule has 8 heteroatoms. The van der Waals surface area contributed by atoms with Crippen LogP contribution in [0.25, 0.3) is 0 Å². The molecule has 5 N–H and O–H groups in total. The Balaban J connectivity index is 2.95. The van der Waals surface area contributed by atoms with Gasteiger partial charge in [-0.2, -0.15) is 0 Å². The first kappa shape index (κ1) is 14.3. The van der Waals surface area contributed by atoms with Crippen LogP contribution >= 0.6 is 0 Å². The van der Waals surface area contributed by atoms with Gasteiger partial charge in [0.1, 0.15) is 18.0 Å². The molecular formula is C10H16N4O4. The van der Waals surface area contributed by atoms with Gasteiger partial charge in [-0.05, 0) is 20.0 Å². The van der Waals surface area contributed by atoms with Crippen molar-refractivity contribution in [2.75, 3.05) is 19.3 Å². The van der Waals surface area contributed by atoms with Gasteiger partial charge < -0.3 is 21.3 Å². The number of pyridine rings is 1. The van der Waals surface area contributed by atoms with E-state index in [0.29, 0.717) is 13.0 Å². The first-order chi connectivity index (χ1) is 8.49. The fourth-order valence-electron chi connectivity index (χ4n) is 1.51. The highest BCUT2D eigenvalue weighted by Crippen LogP contribution is 2.30. The molecule has 0 bridgehead atoms. The topological polar surface area (TPSA) is 135 Å². The molecule has 0 aliphatic rings. The summed E-state index contributed by atoms with van der Waals surface area (Å²) in [4.78, 5) is 13.6. The second kappa shape index (κ2) is 6.24. The molecule has 0 spiro atoms. The van der Waals surface area contributed by atoms with Gasteiger partial charge in [-0.15, -0.1) is 0 Å². The maximum absolute atomic E-state index is 10.7. The molecule has 18 heavy (non-hydrogen) atoms. The summed E-state index contributed by atoms with van der Waals surface area (Å²) >= 11 is 0. The van der Waals surface area contributed by atoms with Gasteiger partial charge in [0.05, 0.1) is 11.0 Å². The predicted octanol–water partition coefficient (Wildman–Crippen LogP) is -0.424. The zero-order valence-corrected chi connectivity index (χ0v) is 9.91. The average molecular weight is 256 g/mol. The summed E-state index contributed by atoms with van der Waals surface area (Å²) in [7, 11) is 1.71. The Bertz CT molecular complexity index is 426. The zero-order valence-electron chi connectivity index (χ0n) is 9.91. The average Bonchev–Trinajstić information content (AvgIpc) is 2.35. The van der Waals surface area contributed by atoms with Crippen molar-refractivity contribution in [1.82, 2.24) is 10.3 Å². The van der Waals surface area contributed by atoms with Gasteiger partial charge in [0.2, 0.25) is 0 Å². The van der Waals surface area contributed by atoms with Crippen LogP contribution in [0.1, 0.15) is 18.1 Å². The number of nitrogens with zero attached hydrogens (tertiary/aromatic N) is 2. The van der Waals surface area contributed by atoms with E-state index in [-0.39, 0.29) is 16.9 Å². The van der Waals surface area contributed by atoms with Crippen molar-refractivity contribution in [2.24, 2.45) is 0 Å². The Morgan fingerprint density at radius 3 is 2.78 bits per heavy atom. The second-order valence-corrected chi connectivity index (χ2v) is 3.82. The first-order valence-corrected chi connectivity index (χ1v) is 5.37. The molecule has 1 heterocycles. The number of nitrogens with one attached hydrogen (secondary N) is 1. The minimum absolute atomic E-state index is 0.0628. The summed E-state index contributed by atoms with van der Waals surface area (Å²) in [5, 5.41) is 33.1. The highest BCUT2D eigenvalue weighted by Gasteiger charge is 2.25. The van der Waals surface area contributed by atoms with Crippen molar-refractivity contribution in [3.05, 3.63) is 28.1 Å². The molecule has 0 aromatic carbocycles. The van der Waals surface area contributed by atoms with Crippen molar-refractivity contribution < 1.29 is 15.1 Å². The molecule has 2 atom stereocenters. The second-order valence-electron chi connectivity index (χ2n) is 3.82. The van der Waals surface area contributed by atoms with Crippen molar-refractivity contribution in [3.63, 3.8) is 0 Å². The third kappa shape index (κ3) is 3.13. The van der Waals surface area contributed by atoms with E-state index in [4.69, 9.17) is 5.73 Å². The van der Waals surface area contributed by atoms with Crippen LogP contribution < -0.4 is 11.1 Å². The number of nitro groups is 1. The lowest BCUT2D eigenvalue weighted by Gasteiger charge is -2.18. The fourth-order valence-corrected chi connectivity index (χ4v) is 1.51. The molecular weight excluding hydrogens is 240 g/mol. The van der Waals surface area contributed by atoms with Crippen molar-refractivity contribution in [2.45, 2.75) is 18.6 Å². The van der Waals surface area contributed by atoms with Gasteiger partial charge in [0.15, 0.2) is 0 Å². The number of aliphatic hydroxyl groups excluding tert-OH is 2. The third-order valence-electron chi connectivity index (χ3n) is 2.57. The smallest absolute Gasteiger partial charge is 0.310 e. The zero-order chi connectivity index (χ0) is 13.7. The highest BCUT2D eigenvalue weighted by molar-refractivity contribution is 5.62. The van der Waals surface area contributed by atoms with Crippen LogP contribution in [0.5, 0.6) is 0 Å². The summed E-state index contributed by atoms with van der Waals surface area (Å²) in [6, 6.07) is 0. The SMILES string of the molecule is CNCCC(O)C(O)c1cncc([N+](=O)[O-])c1N. The lowest BCUT2D eigenvalue weighted by Crippen LogP contribution is -2.24. The normalized spacial score (nSPS) is 14.2. The maximum atomic E-state index is 10.7. The Kier molecular flexibility index (Phi) is 4.95. The van der Waals surface area contributed by atoms with E-state index >= 15 is 0 Å². The van der Waals surface area contributed by atoms with Crippen LogP contribution in [0, 0.1) is 10.1 Å². The first-order valence-electron chi connectivity index (χ1n) is 5.37. The maximum Gasteiger partial charge on any atom is 0.310 e. The van der Waals surface area contributed by atoms with Gasteiger partial charge in [-0.1, -0.05) is 0 Å². The van der Waals surface area contributed by atoms with E-state index in [9.17, 15) is 20.3 Å². The predicted molar refractivity (Wildman–Crippen MR) is 64.8 cm³/mol. The van der Waals surface area contributed by atoms with Gasteiger partial charge in [0, 0.05) is 11.8 Å². The minimum Gasteiger partial charge on any atom is -0.393 e. The molecule has 1 aromatic heterocycles. The van der Waals surface area contributed by atoms with Crippen molar-refractivity contribution >= 4 is 11.4 Å². The molecule has 1 rings (SSSR count). The standard InChI is InChI=1S/C10H16N4O4/c1-12-3-2-8(15)10(16)6-4-13-5-7(9(6)11)14(17)18/h4-5,8,10,12,15-16H,2-3H2,1H3,(H2,11,13). The molecule has 0 fully saturated rings. The van der Waals surface area contributed by atoms with Crippen LogP contribution in [-0.4, -0.2) is 39.8 Å². The molecule has 0 saturated heterocycles. The molecule has 0 aliphatic heterocycles. The highest BCUT2D eigenvalue weighted by atomic mass is 16.6. The Labute approximate surface area is 104 Å². The molecule has 0 saturated carbocycles. The van der Waals surface area contributed by atoms with Gasteiger partial charge >= 0.3 is 5.69 Å². The van der Waals surface area contributed by atoms with Crippen molar-refractivity contribution in [1.29, 1.82) is 0 Å². The number of rotatable bonds is 6. The van der Waals surface area contributed by atoms with E-state index in [2.05, 4.69) is 10.3 Å². The van der Waals surface area contributed by atoms with Crippen LogP contribution in [0.15, 0.2) is 12.4 Å². The summed E-state index contributed by atoms with van der Waals surface area (Å²) in [5.41, 5.74) is 5.09. The molecule has 2 unspecified atom stereocenters. The van der Waals surface area contributed by atoms with Crippen LogP contribution in [0.2, 0.25) is 0 Å². The van der Waals surface area contributed by atoms with Gasteiger partial charge in [-0.3, -0.25) is 15.1 Å². The number of hydrogen-bond acceptors (Lipinski definition) is 7. The number of hydrogen-bond donors (Lipinski definition) is 4. The summed E-state index contributed by atoms with van der Waals surface area (Å²) < 4.78 is 0. The molecule has 8 nitrogen and oxygen atoms in total. The summed E-state index contributed by atoms with van der Waals surface area (Å²) in [6.07, 6.45) is 0.148. The summed E-state index contributed by atoms with van der Waals surface area (Å²) in [5.74, 6) is 0. The van der Waals surface area contributed by atoms with E-state index in [1.165, 1.54) is 6.20 Å². The number of aliphatic hydroxyl groups is 2. The van der Waals surface area contributed by atoms with Crippen molar-refractivity contribution in [3.8, 4) is 0 Å². The van der Waals surface area contributed by atoms with Crippen LogP contribution in [-0.2, 0) is 0 Å². The van der Waals surface area contributed by atoms with Gasteiger partial charge in [-0.25, -0.2) is 0 Å². The number of nitrogen functional groups attached to an aromatic ring is 1.